The van der Waals surface area contributed by atoms with Crippen molar-refractivity contribution < 1.29 is 19.1 Å². The van der Waals surface area contributed by atoms with Crippen LogP contribution in [0.4, 0.5) is 5.69 Å². The van der Waals surface area contributed by atoms with E-state index in [1.807, 2.05) is 6.07 Å². The number of nitrogens with zero attached hydrogens (tertiary/aromatic N) is 2. The summed E-state index contributed by atoms with van der Waals surface area (Å²) in [5.74, 6) is -0.258. The molecule has 7 heteroatoms. The molecule has 0 bridgehead atoms. The van der Waals surface area contributed by atoms with Gasteiger partial charge in [-0.3, -0.25) is 19.7 Å². The Bertz CT molecular complexity index is 956. The normalized spacial score (nSPS) is 9.93. The van der Waals surface area contributed by atoms with Crippen LogP contribution < -0.4 is 4.57 Å². The maximum absolute atomic E-state index is 12.4. The summed E-state index contributed by atoms with van der Waals surface area (Å²) in [6.07, 6.45) is 3.33. The van der Waals surface area contributed by atoms with Crippen LogP contribution in [0.15, 0.2) is 79.1 Å². The lowest BCUT2D eigenvalue weighted by Crippen LogP contribution is -2.37. The van der Waals surface area contributed by atoms with Gasteiger partial charge in [0.2, 0.25) is 12.3 Å². The molecule has 136 valence electrons. The number of carbonyl (C=O) groups is 2. The molecule has 0 atom stereocenters. The van der Waals surface area contributed by atoms with E-state index in [-0.39, 0.29) is 40.8 Å². The smallest absolute Gasteiger partial charge is 0.269 e. The van der Waals surface area contributed by atoms with Crippen molar-refractivity contribution in [2.24, 2.45) is 0 Å². The first kappa shape index (κ1) is 20.1. The average Bonchev–Trinajstić information content (AvgIpc) is 2.68. The SMILES string of the molecule is Br.O=C(C[n+]1ccc(C(=O)c2ccccc2)cc1)c1ccc([N+](=O)[O-])cc1. The van der Waals surface area contributed by atoms with Crippen LogP contribution in [0.3, 0.4) is 0 Å². The molecule has 6 nitrogen and oxygen atoms in total. The summed E-state index contributed by atoms with van der Waals surface area (Å²) < 4.78 is 1.66. The fourth-order valence-corrected chi connectivity index (χ4v) is 2.50. The fourth-order valence-electron chi connectivity index (χ4n) is 2.50. The highest BCUT2D eigenvalue weighted by molar-refractivity contribution is 8.93. The lowest BCUT2D eigenvalue weighted by Gasteiger charge is -2.01. The van der Waals surface area contributed by atoms with Gasteiger partial charge in [0.05, 0.1) is 4.92 Å². The predicted molar refractivity (Wildman–Crippen MR) is 104 cm³/mol. The Morgan fingerprint density at radius 3 is 1.93 bits per heavy atom. The van der Waals surface area contributed by atoms with Gasteiger partial charge < -0.3 is 0 Å². The second-order valence-electron chi connectivity index (χ2n) is 5.68. The Hall–Kier alpha value is -3.19. The third-order valence-corrected chi connectivity index (χ3v) is 3.92. The van der Waals surface area contributed by atoms with Crippen LogP contribution in [0.1, 0.15) is 26.3 Å². The zero-order valence-corrected chi connectivity index (χ0v) is 15.9. The molecule has 1 aromatic heterocycles. The van der Waals surface area contributed by atoms with Crippen LogP contribution in [0.5, 0.6) is 0 Å². The number of Topliss-reactive ketones (excluding diaryl/α,β-unsaturated/α-hetero) is 1. The maximum atomic E-state index is 12.4. The van der Waals surface area contributed by atoms with Gasteiger partial charge in [0.15, 0.2) is 18.2 Å². The summed E-state index contributed by atoms with van der Waals surface area (Å²) in [6, 6.07) is 17.8. The summed E-state index contributed by atoms with van der Waals surface area (Å²) in [7, 11) is 0. The number of hydrogen-bond acceptors (Lipinski definition) is 4. The first-order chi connectivity index (χ1) is 12.5. The molecule has 27 heavy (non-hydrogen) atoms. The van der Waals surface area contributed by atoms with Crippen molar-refractivity contribution in [3.8, 4) is 0 Å². The molecule has 0 unspecified atom stereocenters. The molecule has 0 aliphatic heterocycles. The minimum Gasteiger partial charge on any atom is -0.289 e. The maximum Gasteiger partial charge on any atom is 0.269 e. The van der Waals surface area contributed by atoms with Gasteiger partial charge in [-0.05, 0) is 12.1 Å². The van der Waals surface area contributed by atoms with E-state index in [0.29, 0.717) is 16.7 Å². The molecule has 0 spiro atoms. The molecule has 3 aromatic rings. The number of pyridine rings is 1. The Kier molecular flexibility index (Phi) is 6.67. The van der Waals surface area contributed by atoms with E-state index in [9.17, 15) is 19.7 Å². The van der Waals surface area contributed by atoms with Gasteiger partial charge in [0.1, 0.15) is 0 Å². The second kappa shape index (κ2) is 8.95. The number of ketones is 2. The number of carbonyl (C=O) groups excluding carboxylic acids is 2. The van der Waals surface area contributed by atoms with Crippen molar-refractivity contribution in [3.05, 3.63) is 106 Å². The second-order valence-corrected chi connectivity index (χ2v) is 5.68. The van der Waals surface area contributed by atoms with E-state index >= 15 is 0 Å². The van der Waals surface area contributed by atoms with E-state index in [4.69, 9.17) is 0 Å². The number of nitro benzene ring substituents is 1. The van der Waals surface area contributed by atoms with Gasteiger partial charge in [0, 0.05) is 41.0 Å². The molecule has 0 saturated heterocycles. The summed E-state index contributed by atoms with van der Waals surface area (Å²) >= 11 is 0. The monoisotopic (exact) mass is 427 g/mol. The van der Waals surface area contributed by atoms with Crippen molar-refractivity contribution in [2.75, 3.05) is 0 Å². The molecule has 0 amide bonds. The van der Waals surface area contributed by atoms with Crippen LogP contribution in [-0.2, 0) is 6.54 Å². The van der Waals surface area contributed by atoms with Gasteiger partial charge in [-0.25, -0.2) is 0 Å². The molecule has 0 N–H and O–H groups in total. The Morgan fingerprint density at radius 1 is 0.815 bits per heavy atom. The van der Waals surface area contributed by atoms with E-state index in [2.05, 4.69) is 0 Å². The van der Waals surface area contributed by atoms with Gasteiger partial charge in [0.25, 0.3) is 5.69 Å². The Balaban J connectivity index is 0.00000261. The van der Waals surface area contributed by atoms with Crippen molar-refractivity contribution in [2.45, 2.75) is 6.54 Å². The molecule has 0 saturated carbocycles. The number of aromatic nitrogens is 1. The lowest BCUT2D eigenvalue weighted by molar-refractivity contribution is -0.683. The molecule has 0 aliphatic rings. The van der Waals surface area contributed by atoms with Gasteiger partial charge in [-0.1, -0.05) is 30.3 Å². The molecule has 0 fully saturated rings. The zero-order valence-electron chi connectivity index (χ0n) is 14.1. The van der Waals surface area contributed by atoms with E-state index in [0.717, 1.165) is 0 Å². The summed E-state index contributed by atoms with van der Waals surface area (Å²) in [5, 5.41) is 10.7. The topological polar surface area (TPSA) is 81.2 Å². The molecule has 2 aromatic carbocycles. The van der Waals surface area contributed by atoms with Gasteiger partial charge in [-0.2, -0.15) is 4.57 Å². The van der Waals surface area contributed by atoms with Gasteiger partial charge in [-0.15, -0.1) is 17.0 Å². The third-order valence-electron chi connectivity index (χ3n) is 3.92. The summed E-state index contributed by atoms with van der Waals surface area (Å²) in [4.78, 5) is 34.8. The van der Waals surface area contributed by atoms with Crippen LogP contribution in [0, 0.1) is 10.1 Å². The minimum absolute atomic E-state index is 0. The number of benzene rings is 2. The highest BCUT2D eigenvalue weighted by Crippen LogP contribution is 2.12. The van der Waals surface area contributed by atoms with Crippen molar-refractivity contribution in [3.63, 3.8) is 0 Å². The average molecular weight is 428 g/mol. The third kappa shape index (κ3) is 4.92. The lowest BCUT2D eigenvalue weighted by atomic mass is 10.0. The van der Waals surface area contributed by atoms with E-state index in [1.165, 1.54) is 24.3 Å². The molecular formula is C20H16BrN2O4+. The number of halogens is 1. The number of rotatable bonds is 6. The van der Waals surface area contributed by atoms with Crippen LogP contribution in [0.2, 0.25) is 0 Å². The van der Waals surface area contributed by atoms with E-state index in [1.54, 1.807) is 53.4 Å². The molecule has 0 radical (unpaired) electrons. The van der Waals surface area contributed by atoms with Crippen molar-refractivity contribution >= 4 is 34.2 Å². The standard InChI is InChI=1S/C20H15N2O4.BrH/c23-19(15-6-8-18(9-7-15)22(25)26)14-21-12-10-17(11-13-21)20(24)16-4-2-1-3-5-16;/h1-13H,14H2;1H/q+1;. The van der Waals surface area contributed by atoms with Crippen LogP contribution in [0.25, 0.3) is 0 Å². The molecule has 1 heterocycles. The van der Waals surface area contributed by atoms with E-state index < -0.39 is 4.92 Å². The summed E-state index contributed by atoms with van der Waals surface area (Å²) in [5.41, 5.74) is 1.48. The Labute approximate surface area is 166 Å². The molecular weight excluding hydrogens is 412 g/mol. The van der Waals surface area contributed by atoms with Crippen molar-refractivity contribution in [1.82, 2.24) is 0 Å². The molecule has 0 aliphatic carbocycles. The van der Waals surface area contributed by atoms with Crippen LogP contribution >= 0.6 is 17.0 Å². The first-order valence-corrected chi connectivity index (χ1v) is 7.91. The summed E-state index contributed by atoms with van der Waals surface area (Å²) in [6.45, 7) is 0.0810. The predicted octanol–water partition coefficient (Wildman–Crippen LogP) is 3.57. The largest absolute Gasteiger partial charge is 0.289 e. The minimum atomic E-state index is -0.508. The number of non-ortho nitro benzene ring substituents is 1. The van der Waals surface area contributed by atoms with Gasteiger partial charge >= 0.3 is 0 Å². The zero-order chi connectivity index (χ0) is 18.5. The highest BCUT2D eigenvalue weighted by Gasteiger charge is 2.15. The molecule has 3 rings (SSSR count). The van der Waals surface area contributed by atoms with Crippen molar-refractivity contribution in [1.29, 1.82) is 0 Å². The fraction of sp³-hybridized carbons (Fsp3) is 0.0500. The van der Waals surface area contributed by atoms with Crippen LogP contribution in [-0.4, -0.2) is 16.5 Å². The highest BCUT2D eigenvalue weighted by atomic mass is 79.9. The first-order valence-electron chi connectivity index (χ1n) is 7.91. The number of nitro groups is 1. The Morgan fingerprint density at radius 2 is 1.37 bits per heavy atom. The number of hydrogen-bond donors (Lipinski definition) is 0. The quantitative estimate of drug-likeness (QED) is 0.260.